The number of ether oxygens (including phenoxy) is 1. The van der Waals surface area contributed by atoms with E-state index in [0.717, 1.165) is 36.3 Å². The van der Waals surface area contributed by atoms with E-state index in [1.165, 1.54) is 5.56 Å². The number of rotatable bonds is 9. The number of nitrogens with zero attached hydrogens (tertiary/aromatic N) is 1. The summed E-state index contributed by atoms with van der Waals surface area (Å²) in [6.07, 6.45) is 3.05. The monoisotopic (exact) mass is 474 g/mol. The maximum Gasteiger partial charge on any atom is 0.255 e. The van der Waals surface area contributed by atoms with Gasteiger partial charge in [-0.2, -0.15) is 0 Å². The molecular weight excluding hydrogens is 444 g/mol. The van der Waals surface area contributed by atoms with Crippen LogP contribution in [0.3, 0.4) is 0 Å². The molecule has 0 aliphatic carbocycles. The molecule has 1 saturated heterocycles. The second kappa shape index (κ2) is 11.3. The van der Waals surface area contributed by atoms with Gasteiger partial charge in [-0.1, -0.05) is 44.5 Å². The minimum atomic E-state index is -0.181. The molecule has 0 bridgehead atoms. The van der Waals surface area contributed by atoms with Gasteiger partial charge in [0.15, 0.2) is 0 Å². The fourth-order valence-corrected chi connectivity index (χ4v) is 5.02. The first-order chi connectivity index (χ1) is 16.6. The molecule has 1 unspecified atom stereocenters. The summed E-state index contributed by atoms with van der Waals surface area (Å²) in [5.41, 5.74) is 4.38. The summed E-state index contributed by atoms with van der Waals surface area (Å²) in [6, 6.07) is 23.1. The lowest BCUT2D eigenvalue weighted by molar-refractivity contribution is -0.115. The number of benzene rings is 3. The minimum Gasteiger partial charge on any atom is -0.494 e. The minimum absolute atomic E-state index is 0.0925. The van der Waals surface area contributed by atoms with Crippen LogP contribution in [0.25, 0.3) is 0 Å². The second-order valence-electron chi connectivity index (χ2n) is 8.25. The zero-order chi connectivity index (χ0) is 23.9. The molecule has 2 amide bonds. The number of carbonyl (C=O) groups is 2. The van der Waals surface area contributed by atoms with E-state index >= 15 is 0 Å². The highest BCUT2D eigenvalue weighted by Crippen LogP contribution is 2.42. The smallest absolute Gasteiger partial charge is 0.255 e. The average Bonchev–Trinajstić information content (AvgIpc) is 3.26. The molecule has 0 saturated carbocycles. The Morgan fingerprint density at radius 2 is 1.82 bits per heavy atom. The van der Waals surface area contributed by atoms with Crippen molar-refractivity contribution in [1.82, 2.24) is 0 Å². The number of anilines is 2. The summed E-state index contributed by atoms with van der Waals surface area (Å²) in [5, 5.41) is 2.85. The van der Waals surface area contributed by atoms with Crippen LogP contribution in [0.1, 0.15) is 53.5 Å². The predicted octanol–water partition coefficient (Wildman–Crippen LogP) is 6.46. The molecule has 1 heterocycles. The van der Waals surface area contributed by atoms with E-state index in [-0.39, 0.29) is 17.2 Å². The van der Waals surface area contributed by atoms with Crippen LogP contribution in [0.2, 0.25) is 0 Å². The third kappa shape index (κ3) is 5.62. The highest BCUT2D eigenvalue weighted by molar-refractivity contribution is 8.00. The van der Waals surface area contributed by atoms with Crippen LogP contribution in [-0.2, 0) is 11.2 Å². The molecule has 1 N–H and O–H groups in total. The highest BCUT2D eigenvalue weighted by atomic mass is 32.2. The van der Waals surface area contributed by atoms with E-state index in [1.54, 1.807) is 23.9 Å². The molecule has 1 atom stereocenters. The Bertz CT molecular complexity index is 1130. The highest BCUT2D eigenvalue weighted by Gasteiger charge is 2.34. The molecule has 3 aromatic carbocycles. The van der Waals surface area contributed by atoms with E-state index in [1.807, 2.05) is 53.4 Å². The number of thioether (sulfide) groups is 1. The summed E-state index contributed by atoms with van der Waals surface area (Å²) in [5.74, 6) is 1.11. The Labute approximate surface area is 205 Å². The quantitative estimate of drug-likeness (QED) is 0.362. The molecule has 0 spiro atoms. The van der Waals surface area contributed by atoms with Gasteiger partial charge in [-0.05, 0) is 72.5 Å². The van der Waals surface area contributed by atoms with Gasteiger partial charge < -0.3 is 10.1 Å². The van der Waals surface area contributed by atoms with E-state index in [0.29, 0.717) is 23.6 Å². The van der Waals surface area contributed by atoms with E-state index in [4.69, 9.17) is 4.74 Å². The van der Waals surface area contributed by atoms with Gasteiger partial charge in [-0.25, -0.2) is 0 Å². The van der Waals surface area contributed by atoms with Crippen LogP contribution in [0.5, 0.6) is 5.75 Å². The van der Waals surface area contributed by atoms with Gasteiger partial charge in [-0.15, -0.1) is 11.8 Å². The van der Waals surface area contributed by atoms with Crippen LogP contribution in [-0.4, -0.2) is 24.2 Å². The molecule has 1 aliphatic heterocycles. The normalized spacial score (nSPS) is 15.4. The lowest BCUT2D eigenvalue weighted by atomic mass is 10.1. The predicted molar refractivity (Wildman–Crippen MR) is 140 cm³/mol. The van der Waals surface area contributed by atoms with Crippen molar-refractivity contribution >= 4 is 35.0 Å². The van der Waals surface area contributed by atoms with Crippen LogP contribution in [0.15, 0.2) is 72.8 Å². The number of hydrogen-bond acceptors (Lipinski definition) is 4. The van der Waals surface area contributed by atoms with Gasteiger partial charge >= 0.3 is 0 Å². The second-order valence-corrected chi connectivity index (χ2v) is 9.32. The van der Waals surface area contributed by atoms with Gasteiger partial charge in [0.1, 0.15) is 11.1 Å². The molecule has 34 heavy (non-hydrogen) atoms. The Morgan fingerprint density at radius 1 is 1.06 bits per heavy atom. The number of hydrogen-bond donors (Lipinski definition) is 1. The maximum atomic E-state index is 12.8. The summed E-state index contributed by atoms with van der Waals surface area (Å²) in [7, 11) is 0. The maximum absolute atomic E-state index is 12.8. The van der Waals surface area contributed by atoms with Gasteiger partial charge in [0.25, 0.3) is 5.91 Å². The molecule has 176 valence electrons. The van der Waals surface area contributed by atoms with Crippen LogP contribution >= 0.6 is 11.8 Å². The van der Waals surface area contributed by atoms with Crippen molar-refractivity contribution in [1.29, 1.82) is 0 Å². The first-order valence-electron chi connectivity index (χ1n) is 11.8. The number of carbonyl (C=O) groups excluding carboxylic acids is 2. The average molecular weight is 475 g/mol. The largest absolute Gasteiger partial charge is 0.494 e. The Kier molecular flexibility index (Phi) is 7.91. The zero-order valence-electron chi connectivity index (χ0n) is 19.6. The summed E-state index contributed by atoms with van der Waals surface area (Å²) in [6.45, 7) is 4.91. The van der Waals surface area contributed by atoms with Crippen molar-refractivity contribution in [3.63, 3.8) is 0 Å². The SMILES string of the molecule is CCCCOc1ccc(C(=O)Nc2cccc(C3SCC(=O)N3c3ccc(CC)cc3)c2)cc1. The summed E-state index contributed by atoms with van der Waals surface area (Å²) >= 11 is 1.60. The number of nitrogens with one attached hydrogen (secondary N) is 1. The Hall–Kier alpha value is -3.25. The molecule has 6 heteroatoms. The lowest BCUT2D eigenvalue weighted by Gasteiger charge is -2.25. The number of aryl methyl sites for hydroxylation is 1. The molecule has 5 nitrogen and oxygen atoms in total. The fraction of sp³-hybridized carbons (Fsp3) is 0.286. The topological polar surface area (TPSA) is 58.6 Å². The number of unbranched alkanes of at least 4 members (excludes halogenated alkanes) is 1. The van der Waals surface area contributed by atoms with Crippen molar-refractivity contribution in [2.24, 2.45) is 0 Å². The third-order valence-corrected chi connectivity index (χ3v) is 7.02. The first kappa shape index (κ1) is 23.9. The zero-order valence-corrected chi connectivity index (χ0v) is 20.4. The molecule has 1 fully saturated rings. The van der Waals surface area contributed by atoms with Gasteiger partial charge in [0.05, 0.1) is 12.4 Å². The van der Waals surface area contributed by atoms with Crippen molar-refractivity contribution < 1.29 is 14.3 Å². The van der Waals surface area contributed by atoms with Crippen molar-refractivity contribution in [2.45, 2.75) is 38.5 Å². The van der Waals surface area contributed by atoms with Gasteiger partial charge in [0, 0.05) is 16.9 Å². The molecule has 3 aromatic rings. The summed E-state index contributed by atoms with van der Waals surface area (Å²) in [4.78, 5) is 27.3. The van der Waals surface area contributed by atoms with Crippen LogP contribution in [0, 0.1) is 0 Å². The van der Waals surface area contributed by atoms with Crippen molar-refractivity contribution in [2.75, 3.05) is 22.6 Å². The molecular formula is C28H30N2O3S. The lowest BCUT2D eigenvalue weighted by Crippen LogP contribution is -2.27. The van der Waals surface area contributed by atoms with Gasteiger partial charge in [0.2, 0.25) is 5.91 Å². The van der Waals surface area contributed by atoms with Crippen molar-refractivity contribution in [3.05, 3.63) is 89.5 Å². The standard InChI is InChI=1S/C28H30N2O3S/c1-3-5-17-33-25-15-11-21(12-16-25)27(32)29-23-8-6-7-22(18-23)28-30(26(31)19-34-28)24-13-9-20(4-2)10-14-24/h6-16,18,28H,3-5,17,19H2,1-2H3,(H,29,32). The van der Waals surface area contributed by atoms with Gasteiger partial charge in [-0.3, -0.25) is 14.5 Å². The Balaban J connectivity index is 1.46. The molecule has 0 radical (unpaired) electrons. The van der Waals surface area contributed by atoms with Crippen LogP contribution in [0.4, 0.5) is 11.4 Å². The first-order valence-corrected chi connectivity index (χ1v) is 12.8. The number of amides is 2. The Morgan fingerprint density at radius 3 is 2.53 bits per heavy atom. The van der Waals surface area contributed by atoms with E-state index in [2.05, 4.69) is 31.3 Å². The van der Waals surface area contributed by atoms with E-state index < -0.39 is 0 Å². The van der Waals surface area contributed by atoms with E-state index in [9.17, 15) is 9.59 Å². The molecule has 4 rings (SSSR count). The van der Waals surface area contributed by atoms with Crippen molar-refractivity contribution in [3.8, 4) is 5.75 Å². The molecule has 1 aliphatic rings. The third-order valence-electron chi connectivity index (χ3n) is 5.80. The fourth-order valence-electron chi connectivity index (χ4n) is 3.85. The summed E-state index contributed by atoms with van der Waals surface area (Å²) < 4.78 is 5.67. The molecule has 0 aromatic heterocycles. The van der Waals surface area contributed by atoms with Crippen LogP contribution < -0.4 is 15.0 Å².